The first-order valence-electron chi connectivity index (χ1n) is 14.7. The number of H-pyrrole nitrogens is 1. The number of hydrogen-bond donors (Lipinski definition) is 3. The maximum atomic E-state index is 14.1. The normalized spacial score (nSPS) is 11.8. The molecule has 0 atom stereocenters. The number of benzene rings is 2. The van der Waals surface area contributed by atoms with Crippen LogP contribution < -0.4 is 20.3 Å². The van der Waals surface area contributed by atoms with E-state index in [4.69, 9.17) is 14.9 Å². The minimum absolute atomic E-state index is 0.0603. The summed E-state index contributed by atoms with van der Waals surface area (Å²) >= 11 is 0. The predicted octanol–water partition coefficient (Wildman–Crippen LogP) is 5.13. The van der Waals surface area contributed by atoms with Gasteiger partial charge in [0.05, 0.1) is 29.4 Å². The molecule has 0 radical (unpaired) electrons. The van der Waals surface area contributed by atoms with Crippen molar-refractivity contribution in [3.05, 3.63) is 69.6 Å². The van der Waals surface area contributed by atoms with E-state index in [1.807, 2.05) is 32.9 Å². The lowest BCUT2D eigenvalue weighted by molar-refractivity contribution is -0.105. The van der Waals surface area contributed by atoms with E-state index in [0.717, 1.165) is 0 Å². The molecule has 44 heavy (non-hydrogen) atoms. The second-order valence-electron chi connectivity index (χ2n) is 9.85. The number of nitrogens with zero attached hydrogens (tertiary/aromatic N) is 2. The Bertz CT molecular complexity index is 1670. The van der Waals surface area contributed by atoms with Crippen molar-refractivity contribution in [1.82, 2.24) is 14.3 Å². The summed E-state index contributed by atoms with van der Waals surface area (Å²) in [5.74, 6) is 0.990. The van der Waals surface area contributed by atoms with Crippen LogP contribution in [0.15, 0.2) is 57.7 Å². The molecule has 0 bridgehead atoms. The number of aromatic amines is 1. The lowest BCUT2D eigenvalue weighted by Gasteiger charge is -2.23. The van der Waals surface area contributed by atoms with Crippen molar-refractivity contribution in [3.63, 3.8) is 0 Å². The van der Waals surface area contributed by atoms with Crippen LogP contribution in [0.3, 0.4) is 0 Å². The van der Waals surface area contributed by atoms with Crippen LogP contribution in [0.25, 0.3) is 17.5 Å². The summed E-state index contributed by atoms with van der Waals surface area (Å²) in [5, 5.41) is 11.3. The lowest BCUT2D eigenvalue weighted by Crippen LogP contribution is -2.34. The molecule has 1 heterocycles. The molecule has 0 aliphatic carbocycles. The number of sulfonamides is 1. The van der Waals surface area contributed by atoms with Gasteiger partial charge in [0.15, 0.2) is 0 Å². The first kappa shape index (κ1) is 34.2. The van der Waals surface area contributed by atoms with Crippen LogP contribution in [0.1, 0.15) is 58.2 Å². The van der Waals surface area contributed by atoms with Gasteiger partial charge in [-0.05, 0) is 57.0 Å². The molecule has 0 unspecified atom stereocenters. The van der Waals surface area contributed by atoms with E-state index in [0.29, 0.717) is 49.2 Å². The van der Waals surface area contributed by atoms with Crippen LogP contribution in [-0.4, -0.2) is 68.0 Å². The number of anilines is 1. The Balaban J connectivity index is 2.13. The van der Waals surface area contributed by atoms with Crippen molar-refractivity contribution in [1.29, 1.82) is 5.41 Å². The molecule has 0 aliphatic heterocycles. The fourth-order valence-corrected chi connectivity index (χ4v) is 6.19. The summed E-state index contributed by atoms with van der Waals surface area (Å²) in [6, 6.07) is 11.6. The third kappa shape index (κ3) is 8.00. The van der Waals surface area contributed by atoms with Crippen molar-refractivity contribution in [3.8, 4) is 22.9 Å². The van der Waals surface area contributed by atoms with E-state index in [1.165, 1.54) is 22.5 Å². The van der Waals surface area contributed by atoms with E-state index in [-0.39, 0.29) is 58.6 Å². The zero-order chi connectivity index (χ0) is 32.3. The van der Waals surface area contributed by atoms with E-state index in [2.05, 4.69) is 15.3 Å². The first-order valence-corrected chi connectivity index (χ1v) is 16.1. The summed E-state index contributed by atoms with van der Waals surface area (Å²) in [6.45, 7) is 8.15. The Morgan fingerprint density at radius 3 is 2.39 bits per heavy atom. The molecule has 3 aromatic rings. The number of rotatable bonds is 17. The van der Waals surface area contributed by atoms with Gasteiger partial charge in [-0.2, -0.15) is 4.31 Å². The van der Waals surface area contributed by atoms with Crippen molar-refractivity contribution >= 4 is 33.8 Å². The number of aromatic nitrogens is 2. The Kier molecular flexibility index (Phi) is 12.4. The molecule has 0 fully saturated rings. The molecule has 0 amide bonds. The molecular weight excluding hydrogens is 582 g/mol. The van der Waals surface area contributed by atoms with Crippen LogP contribution in [0.2, 0.25) is 0 Å². The fraction of sp³-hybridized carbons (Fsp3) is 0.375. The van der Waals surface area contributed by atoms with Gasteiger partial charge < -0.3 is 25.2 Å². The van der Waals surface area contributed by atoms with E-state index in [1.54, 1.807) is 32.2 Å². The molecule has 2 aromatic carbocycles. The van der Waals surface area contributed by atoms with Gasteiger partial charge in [0, 0.05) is 31.3 Å². The Labute approximate surface area is 258 Å². The van der Waals surface area contributed by atoms with Gasteiger partial charge in [-0.25, -0.2) is 13.4 Å². The molecule has 3 rings (SSSR count). The Morgan fingerprint density at radius 1 is 1.05 bits per heavy atom. The minimum Gasteiger partial charge on any atom is -0.493 e. The van der Waals surface area contributed by atoms with Gasteiger partial charge in [-0.15, -0.1) is 0 Å². The van der Waals surface area contributed by atoms with Gasteiger partial charge in [0.25, 0.3) is 5.56 Å². The highest BCUT2D eigenvalue weighted by molar-refractivity contribution is 7.89. The second-order valence-corrected chi connectivity index (χ2v) is 11.8. The third-order valence-electron chi connectivity index (χ3n) is 6.64. The monoisotopic (exact) mass is 623 g/mol. The average molecular weight is 624 g/mol. The second kappa shape index (κ2) is 16.0. The number of ether oxygens (including phenoxy) is 2. The van der Waals surface area contributed by atoms with Crippen LogP contribution in [0.4, 0.5) is 5.69 Å². The molecular formula is C32H41N5O6S. The Morgan fingerprint density at radius 2 is 1.75 bits per heavy atom. The van der Waals surface area contributed by atoms with Crippen molar-refractivity contribution in [2.75, 3.05) is 38.7 Å². The van der Waals surface area contributed by atoms with E-state index in [9.17, 15) is 18.0 Å². The van der Waals surface area contributed by atoms with Gasteiger partial charge in [-0.1, -0.05) is 38.5 Å². The smallest absolute Gasteiger partial charge is 0.275 e. The van der Waals surface area contributed by atoms with Crippen LogP contribution in [0.5, 0.6) is 11.5 Å². The summed E-state index contributed by atoms with van der Waals surface area (Å²) in [4.78, 5) is 32.4. The summed E-state index contributed by atoms with van der Waals surface area (Å²) < 4.78 is 40.8. The highest BCUT2D eigenvalue weighted by Gasteiger charge is 2.27. The van der Waals surface area contributed by atoms with Gasteiger partial charge in [0.2, 0.25) is 10.0 Å². The predicted molar refractivity (Wildman–Crippen MR) is 173 cm³/mol. The minimum atomic E-state index is -4.13. The summed E-state index contributed by atoms with van der Waals surface area (Å²) in [6.07, 6.45) is 3.88. The zero-order valence-electron chi connectivity index (χ0n) is 25.9. The van der Waals surface area contributed by atoms with E-state index < -0.39 is 15.6 Å². The topological polar surface area (TPSA) is 155 Å². The summed E-state index contributed by atoms with van der Waals surface area (Å²) in [5.41, 5.74) is 1.20. The molecule has 0 aliphatic rings. The molecule has 0 saturated carbocycles. The van der Waals surface area contributed by atoms with Gasteiger partial charge in [-0.3, -0.25) is 9.59 Å². The number of hydrogen-bond acceptors (Lipinski definition) is 9. The standard InChI is InChI=1S/C32H41N5O6S/c1-6-12-26(33)29-30(34-5)32(39)36-31(35-29)25-19-24(15-16-28(25)43-9-4)44(40,41)37(17-7-2)20-22(21-38)18-23-13-10-11-14-27(23)42-8-3/h10-11,13-16,18-19,21,33-34H,6-9,12,17,20H2,1-5H3,(H,35,36,39)/b22-18+,33-26?. The largest absolute Gasteiger partial charge is 0.493 e. The SMILES string of the molecule is CCCC(=N)c1nc(-c2cc(S(=O)(=O)N(CCC)C/C(C=O)=C\c3ccccc3OCC)ccc2OCC)[nH]c(=O)c1NC. The number of carbonyl (C=O) groups excluding carboxylic acids is 1. The summed E-state index contributed by atoms with van der Waals surface area (Å²) in [7, 11) is -2.55. The maximum absolute atomic E-state index is 14.1. The molecule has 0 spiro atoms. The fourth-order valence-electron chi connectivity index (χ4n) is 4.65. The van der Waals surface area contributed by atoms with Gasteiger partial charge in [0.1, 0.15) is 35.0 Å². The molecule has 0 saturated heterocycles. The number of carbonyl (C=O) groups is 1. The Hall–Kier alpha value is -4.29. The van der Waals surface area contributed by atoms with Crippen molar-refractivity contribution in [2.45, 2.75) is 51.9 Å². The molecule has 1 aromatic heterocycles. The molecule has 11 nitrogen and oxygen atoms in total. The van der Waals surface area contributed by atoms with E-state index >= 15 is 0 Å². The zero-order valence-corrected chi connectivity index (χ0v) is 26.7. The third-order valence-corrected chi connectivity index (χ3v) is 8.48. The first-order chi connectivity index (χ1) is 21.1. The van der Waals surface area contributed by atoms with Crippen LogP contribution in [0, 0.1) is 5.41 Å². The number of nitrogens with one attached hydrogen (secondary N) is 3. The van der Waals surface area contributed by atoms with Crippen molar-refractivity contribution < 1.29 is 22.7 Å². The quantitative estimate of drug-likeness (QED) is 0.106. The van der Waals surface area contributed by atoms with Crippen LogP contribution in [-0.2, 0) is 14.8 Å². The molecule has 236 valence electrons. The van der Waals surface area contributed by atoms with Gasteiger partial charge >= 0.3 is 0 Å². The molecule has 3 N–H and O–H groups in total. The highest BCUT2D eigenvalue weighted by Crippen LogP contribution is 2.32. The maximum Gasteiger partial charge on any atom is 0.275 e. The number of para-hydroxylation sites is 1. The van der Waals surface area contributed by atoms with Crippen molar-refractivity contribution in [2.24, 2.45) is 0 Å². The average Bonchev–Trinajstić information content (AvgIpc) is 3.01. The molecule has 12 heteroatoms. The highest BCUT2D eigenvalue weighted by atomic mass is 32.2. The number of aldehydes is 1. The lowest BCUT2D eigenvalue weighted by atomic mass is 10.1. The van der Waals surface area contributed by atoms with Crippen LogP contribution >= 0.6 is 0 Å².